The van der Waals surface area contributed by atoms with E-state index < -0.39 is 0 Å². The molecule has 2 aliphatic rings. The van der Waals surface area contributed by atoms with Crippen LogP contribution in [0.3, 0.4) is 0 Å². The Kier molecular flexibility index (Phi) is 2.98. The lowest BCUT2D eigenvalue weighted by Gasteiger charge is -2.11. The molecule has 2 fully saturated rings. The van der Waals surface area contributed by atoms with E-state index in [-0.39, 0.29) is 0 Å². The van der Waals surface area contributed by atoms with Crippen LogP contribution in [0, 0.1) is 5.92 Å². The molecular weight excluding hydrogens is 166 g/mol. The van der Waals surface area contributed by atoms with E-state index in [2.05, 4.69) is 28.9 Å². The lowest BCUT2D eigenvalue weighted by Crippen LogP contribution is -2.11. The van der Waals surface area contributed by atoms with Gasteiger partial charge in [-0.2, -0.15) is 11.8 Å². The van der Waals surface area contributed by atoms with E-state index in [1.165, 1.54) is 43.9 Å². The molecular formula is C10H17NS. The zero-order valence-electron chi connectivity index (χ0n) is 7.54. The molecule has 0 N–H and O–H groups in total. The fourth-order valence-electron chi connectivity index (χ4n) is 1.84. The number of allylic oxidation sites excluding steroid dienone is 1. The van der Waals surface area contributed by atoms with Crippen molar-refractivity contribution in [3.8, 4) is 0 Å². The third-order valence-corrected chi connectivity index (χ3v) is 3.86. The first-order chi connectivity index (χ1) is 5.95. The summed E-state index contributed by atoms with van der Waals surface area (Å²) in [6.07, 6.45) is 8.94. The van der Waals surface area contributed by atoms with E-state index in [1.54, 1.807) is 0 Å². The van der Waals surface area contributed by atoms with Crippen LogP contribution in [0.1, 0.15) is 19.3 Å². The minimum Gasteiger partial charge on any atom is -0.378 e. The highest BCUT2D eigenvalue weighted by molar-refractivity contribution is 7.99. The Labute approximate surface area is 79.2 Å². The summed E-state index contributed by atoms with van der Waals surface area (Å²) in [6, 6.07) is 0. The van der Waals surface area contributed by atoms with Crippen molar-refractivity contribution in [2.24, 2.45) is 5.92 Å². The summed E-state index contributed by atoms with van der Waals surface area (Å²) in [5.41, 5.74) is 0. The molecule has 0 aromatic carbocycles. The quantitative estimate of drug-likeness (QED) is 0.646. The molecule has 0 aliphatic carbocycles. The molecule has 2 rings (SSSR count). The van der Waals surface area contributed by atoms with Gasteiger partial charge >= 0.3 is 0 Å². The van der Waals surface area contributed by atoms with Crippen molar-refractivity contribution in [3.05, 3.63) is 12.3 Å². The maximum Gasteiger partial charge on any atom is 0.0173 e. The third kappa shape index (κ3) is 2.19. The Bertz CT molecular complexity index is 137. The number of thioether (sulfide) groups is 1. The van der Waals surface area contributed by atoms with Crippen LogP contribution >= 0.6 is 11.8 Å². The molecule has 2 heterocycles. The first kappa shape index (κ1) is 8.49. The van der Waals surface area contributed by atoms with Crippen LogP contribution in [-0.4, -0.2) is 29.5 Å². The van der Waals surface area contributed by atoms with E-state index in [0.29, 0.717) is 0 Å². The van der Waals surface area contributed by atoms with E-state index in [4.69, 9.17) is 0 Å². The van der Waals surface area contributed by atoms with Crippen LogP contribution in [0.25, 0.3) is 0 Å². The summed E-state index contributed by atoms with van der Waals surface area (Å²) in [6.45, 7) is 2.58. The average Bonchev–Trinajstić information content (AvgIpc) is 2.74. The molecule has 0 saturated carbocycles. The maximum absolute atomic E-state index is 2.46. The lowest BCUT2D eigenvalue weighted by atomic mass is 10.1. The van der Waals surface area contributed by atoms with Gasteiger partial charge in [0, 0.05) is 13.1 Å². The fourth-order valence-corrected chi connectivity index (χ4v) is 3.06. The molecule has 12 heavy (non-hydrogen) atoms. The van der Waals surface area contributed by atoms with Crippen molar-refractivity contribution in [1.82, 2.24) is 4.90 Å². The topological polar surface area (TPSA) is 3.24 Å². The molecule has 2 heteroatoms. The molecule has 2 saturated heterocycles. The van der Waals surface area contributed by atoms with Crippen molar-refractivity contribution in [2.45, 2.75) is 19.3 Å². The van der Waals surface area contributed by atoms with Gasteiger partial charge in [0.2, 0.25) is 0 Å². The van der Waals surface area contributed by atoms with Gasteiger partial charge in [-0.15, -0.1) is 0 Å². The Hall–Kier alpha value is -0.110. The molecule has 68 valence electrons. The molecule has 1 nitrogen and oxygen atoms in total. The first-order valence-corrected chi connectivity index (χ1v) is 6.11. The molecule has 0 bridgehead atoms. The van der Waals surface area contributed by atoms with Gasteiger partial charge < -0.3 is 4.90 Å². The minimum absolute atomic E-state index is 0.871. The van der Waals surface area contributed by atoms with Crippen LogP contribution < -0.4 is 0 Å². The highest BCUT2D eigenvalue weighted by Gasteiger charge is 2.13. The molecule has 0 aromatic rings. The average molecular weight is 183 g/mol. The van der Waals surface area contributed by atoms with Crippen LogP contribution in [0.5, 0.6) is 0 Å². The Morgan fingerprint density at radius 3 is 2.75 bits per heavy atom. The second-order valence-electron chi connectivity index (χ2n) is 3.71. The second kappa shape index (κ2) is 4.22. The van der Waals surface area contributed by atoms with Gasteiger partial charge in [0.15, 0.2) is 0 Å². The van der Waals surface area contributed by atoms with E-state index in [1.807, 2.05) is 0 Å². The lowest BCUT2D eigenvalue weighted by molar-refractivity contribution is 0.463. The standard InChI is InChI=1S/C10H17NS/c1-2-6-11(5-1)7-3-10-4-8-12-9-10/h3,7,10H,1-2,4-6,8-9H2. The number of likely N-dealkylation sites (tertiary alicyclic amines) is 1. The third-order valence-electron chi connectivity index (χ3n) is 2.67. The van der Waals surface area contributed by atoms with Crippen molar-refractivity contribution in [1.29, 1.82) is 0 Å². The number of hydrogen-bond acceptors (Lipinski definition) is 2. The van der Waals surface area contributed by atoms with E-state index in [0.717, 1.165) is 5.92 Å². The molecule has 2 aliphatic heterocycles. The monoisotopic (exact) mass is 183 g/mol. The van der Waals surface area contributed by atoms with E-state index in [9.17, 15) is 0 Å². The van der Waals surface area contributed by atoms with Crippen LogP contribution in [0.15, 0.2) is 12.3 Å². The number of hydrogen-bond donors (Lipinski definition) is 0. The molecule has 1 unspecified atom stereocenters. The SMILES string of the molecule is C(=CN1CCCC1)C1CCSC1. The van der Waals surface area contributed by atoms with Gasteiger partial charge in [0.05, 0.1) is 0 Å². The summed E-state index contributed by atoms with van der Waals surface area (Å²) in [5.74, 6) is 3.59. The molecule has 0 amide bonds. The molecule has 0 spiro atoms. The highest BCUT2D eigenvalue weighted by atomic mass is 32.2. The van der Waals surface area contributed by atoms with Gasteiger partial charge in [0.1, 0.15) is 0 Å². The Balaban J connectivity index is 1.75. The van der Waals surface area contributed by atoms with Crippen molar-refractivity contribution in [3.63, 3.8) is 0 Å². The summed E-state index contributed by atoms with van der Waals surface area (Å²) in [7, 11) is 0. The molecule has 0 aromatic heterocycles. The summed E-state index contributed by atoms with van der Waals surface area (Å²) in [5, 5.41) is 0. The zero-order chi connectivity index (χ0) is 8.23. The van der Waals surface area contributed by atoms with Gasteiger partial charge in [0.25, 0.3) is 0 Å². The van der Waals surface area contributed by atoms with Gasteiger partial charge in [-0.3, -0.25) is 0 Å². The predicted octanol–water partition coefficient (Wildman–Crippen LogP) is 2.35. The maximum atomic E-state index is 2.46. The largest absolute Gasteiger partial charge is 0.378 e. The normalized spacial score (nSPS) is 30.7. The Morgan fingerprint density at radius 2 is 2.08 bits per heavy atom. The summed E-state index contributed by atoms with van der Waals surface area (Å²) >= 11 is 2.09. The summed E-state index contributed by atoms with van der Waals surface area (Å²) < 4.78 is 0. The van der Waals surface area contributed by atoms with Crippen LogP contribution in [0.2, 0.25) is 0 Å². The minimum atomic E-state index is 0.871. The van der Waals surface area contributed by atoms with Gasteiger partial charge in [-0.25, -0.2) is 0 Å². The zero-order valence-corrected chi connectivity index (χ0v) is 8.35. The van der Waals surface area contributed by atoms with Crippen LogP contribution in [0.4, 0.5) is 0 Å². The Morgan fingerprint density at radius 1 is 1.25 bits per heavy atom. The first-order valence-electron chi connectivity index (χ1n) is 4.95. The van der Waals surface area contributed by atoms with Crippen molar-refractivity contribution in [2.75, 3.05) is 24.6 Å². The predicted molar refractivity (Wildman–Crippen MR) is 55.4 cm³/mol. The van der Waals surface area contributed by atoms with Gasteiger partial charge in [-0.05, 0) is 42.9 Å². The second-order valence-corrected chi connectivity index (χ2v) is 4.86. The number of rotatable bonds is 2. The van der Waals surface area contributed by atoms with E-state index >= 15 is 0 Å². The molecule has 1 atom stereocenters. The smallest absolute Gasteiger partial charge is 0.0173 e. The highest BCUT2D eigenvalue weighted by Crippen LogP contribution is 2.24. The van der Waals surface area contributed by atoms with Crippen LogP contribution in [-0.2, 0) is 0 Å². The molecule has 0 radical (unpaired) electrons. The number of nitrogens with zero attached hydrogens (tertiary/aromatic N) is 1. The van der Waals surface area contributed by atoms with Gasteiger partial charge in [-0.1, -0.05) is 6.08 Å². The van der Waals surface area contributed by atoms with Crippen molar-refractivity contribution >= 4 is 11.8 Å². The van der Waals surface area contributed by atoms with Crippen molar-refractivity contribution < 1.29 is 0 Å². The fraction of sp³-hybridized carbons (Fsp3) is 0.800. The summed E-state index contributed by atoms with van der Waals surface area (Å²) in [4.78, 5) is 2.46.